The minimum Gasteiger partial charge on any atom is -0.497 e. The zero-order valence-corrected chi connectivity index (χ0v) is 17.4. The van der Waals surface area contributed by atoms with E-state index in [1.54, 1.807) is 29.9 Å². The Bertz CT molecular complexity index is 1270. The van der Waals surface area contributed by atoms with Gasteiger partial charge in [-0.1, -0.05) is 36.4 Å². The summed E-state index contributed by atoms with van der Waals surface area (Å²) in [6, 6.07) is 20.9. The summed E-state index contributed by atoms with van der Waals surface area (Å²) in [5.74, 6) is 0.335. The van der Waals surface area contributed by atoms with Gasteiger partial charge in [0.15, 0.2) is 5.69 Å². The number of thiocarbonyl (C=S) groups is 1. The van der Waals surface area contributed by atoms with E-state index < -0.39 is 0 Å². The van der Waals surface area contributed by atoms with E-state index in [1.807, 2.05) is 42.5 Å². The van der Waals surface area contributed by atoms with Gasteiger partial charge in [0.2, 0.25) is 11.0 Å². The zero-order valence-electron chi connectivity index (χ0n) is 16.6. The first-order valence-electron chi connectivity index (χ1n) is 9.46. The van der Waals surface area contributed by atoms with Crippen molar-refractivity contribution in [2.45, 2.75) is 6.54 Å². The molecular weight excluding hydrogens is 415 g/mol. The van der Waals surface area contributed by atoms with Crippen LogP contribution in [0.3, 0.4) is 0 Å². The number of hydrogen-bond acceptors (Lipinski definition) is 4. The second-order valence-corrected chi connectivity index (χ2v) is 7.15. The number of ether oxygens (including phenoxy) is 1. The molecule has 0 bridgehead atoms. The van der Waals surface area contributed by atoms with E-state index in [0.717, 1.165) is 16.5 Å². The Labute approximate surface area is 183 Å². The van der Waals surface area contributed by atoms with Crippen molar-refractivity contribution in [3.05, 3.63) is 84.2 Å². The molecule has 1 heterocycles. The molecule has 0 spiro atoms. The lowest BCUT2D eigenvalue weighted by Gasteiger charge is -2.07. The molecule has 31 heavy (non-hydrogen) atoms. The lowest BCUT2D eigenvalue weighted by molar-refractivity contribution is 0.415. The van der Waals surface area contributed by atoms with Crippen LogP contribution in [0.2, 0.25) is 0 Å². The fourth-order valence-corrected chi connectivity index (χ4v) is 3.41. The minimum atomic E-state index is -0.308. The molecule has 8 heteroatoms. The van der Waals surface area contributed by atoms with Crippen molar-refractivity contribution >= 4 is 39.6 Å². The van der Waals surface area contributed by atoms with Crippen LogP contribution in [0, 0.1) is 5.82 Å². The van der Waals surface area contributed by atoms with E-state index >= 15 is 0 Å². The van der Waals surface area contributed by atoms with Crippen LogP contribution in [0.1, 0.15) is 5.56 Å². The highest BCUT2D eigenvalue weighted by Crippen LogP contribution is 2.39. The molecule has 0 aliphatic carbocycles. The first kappa shape index (κ1) is 20.5. The summed E-state index contributed by atoms with van der Waals surface area (Å²) in [6.45, 7) is 0.356. The molecule has 0 unspecified atom stereocenters. The first-order valence-corrected chi connectivity index (χ1v) is 9.87. The second-order valence-electron chi connectivity index (χ2n) is 6.76. The van der Waals surface area contributed by atoms with Crippen molar-refractivity contribution in [3.8, 4) is 11.6 Å². The summed E-state index contributed by atoms with van der Waals surface area (Å²) in [4.78, 5) is 0. The molecule has 0 saturated heterocycles. The van der Waals surface area contributed by atoms with Crippen molar-refractivity contribution in [2.75, 3.05) is 12.4 Å². The molecule has 2 N–H and O–H groups in total. The lowest BCUT2D eigenvalue weighted by atomic mass is 10.2. The standard InChI is InChI=1S/C23H19FN4O2S/c1-30-18-6-4-5-17(13-18)25-23(31)27-26-21-19-7-2-3-8-20(19)28(22(21)29)14-15-9-11-16(24)12-10-15/h2-13,29H,14H2,1H3,(H,25,31). The van der Waals surface area contributed by atoms with E-state index in [0.29, 0.717) is 23.7 Å². The van der Waals surface area contributed by atoms with Crippen molar-refractivity contribution in [1.29, 1.82) is 0 Å². The third-order valence-corrected chi connectivity index (χ3v) is 4.92. The molecule has 0 atom stereocenters. The monoisotopic (exact) mass is 434 g/mol. The number of methoxy groups -OCH3 is 1. The van der Waals surface area contributed by atoms with Crippen LogP contribution in [0.4, 0.5) is 15.8 Å². The number of azo groups is 1. The number of fused-ring (bicyclic) bond motifs is 1. The molecule has 156 valence electrons. The number of aromatic hydroxyl groups is 1. The molecule has 0 aliphatic heterocycles. The summed E-state index contributed by atoms with van der Waals surface area (Å²) in [6.07, 6.45) is 0. The fourth-order valence-electron chi connectivity index (χ4n) is 3.25. The van der Waals surface area contributed by atoms with E-state index in [1.165, 1.54) is 12.1 Å². The Morgan fingerprint density at radius 3 is 2.65 bits per heavy atom. The summed E-state index contributed by atoms with van der Waals surface area (Å²) >= 11 is 5.27. The summed E-state index contributed by atoms with van der Waals surface area (Å²) in [5.41, 5.74) is 2.65. The Morgan fingerprint density at radius 1 is 1.10 bits per heavy atom. The van der Waals surface area contributed by atoms with Gasteiger partial charge in [-0.2, -0.15) is 0 Å². The number of nitrogens with zero attached hydrogens (tertiary/aromatic N) is 3. The van der Waals surface area contributed by atoms with Crippen LogP contribution < -0.4 is 10.1 Å². The van der Waals surface area contributed by atoms with Crippen molar-refractivity contribution < 1.29 is 14.2 Å². The van der Waals surface area contributed by atoms with Gasteiger partial charge in [-0.3, -0.25) is 0 Å². The molecule has 0 aliphatic rings. The number of rotatable bonds is 5. The quantitative estimate of drug-likeness (QED) is 0.297. The van der Waals surface area contributed by atoms with Gasteiger partial charge in [0, 0.05) is 17.1 Å². The average Bonchev–Trinajstić information content (AvgIpc) is 3.05. The van der Waals surface area contributed by atoms with Gasteiger partial charge >= 0.3 is 0 Å². The highest BCUT2D eigenvalue weighted by atomic mass is 32.1. The zero-order chi connectivity index (χ0) is 21.8. The number of nitrogens with one attached hydrogen (secondary N) is 1. The largest absolute Gasteiger partial charge is 0.497 e. The Balaban J connectivity index is 1.62. The molecule has 0 fully saturated rings. The fraction of sp³-hybridized carbons (Fsp3) is 0.0870. The number of aromatic nitrogens is 1. The van der Waals surface area contributed by atoms with Gasteiger partial charge in [-0.15, -0.1) is 10.2 Å². The summed E-state index contributed by atoms with van der Waals surface area (Å²) in [7, 11) is 1.58. The number of benzene rings is 3. The summed E-state index contributed by atoms with van der Waals surface area (Å²) < 4.78 is 20.1. The van der Waals surface area contributed by atoms with Crippen LogP contribution in [-0.2, 0) is 6.54 Å². The van der Waals surface area contributed by atoms with E-state index in [9.17, 15) is 9.50 Å². The predicted octanol–water partition coefficient (Wildman–Crippen LogP) is 6.02. The maximum atomic E-state index is 13.2. The Hall–Kier alpha value is -3.78. The van der Waals surface area contributed by atoms with E-state index in [2.05, 4.69) is 15.5 Å². The normalized spacial score (nSPS) is 11.2. The van der Waals surface area contributed by atoms with Crippen LogP contribution in [0.5, 0.6) is 11.6 Å². The van der Waals surface area contributed by atoms with Gasteiger partial charge in [0.05, 0.1) is 19.2 Å². The Morgan fingerprint density at radius 2 is 1.87 bits per heavy atom. The number of hydrogen-bond donors (Lipinski definition) is 2. The topological polar surface area (TPSA) is 71.1 Å². The maximum absolute atomic E-state index is 13.2. The number of para-hydroxylation sites is 1. The highest BCUT2D eigenvalue weighted by Gasteiger charge is 2.16. The molecular formula is C23H19FN4O2S. The van der Waals surface area contributed by atoms with Gasteiger partial charge in [-0.05, 0) is 48.1 Å². The SMILES string of the molecule is COc1cccc(NC(=S)N=Nc2c(O)n(Cc3ccc(F)cc3)c3ccccc23)c1. The van der Waals surface area contributed by atoms with Gasteiger partial charge < -0.3 is 19.7 Å². The van der Waals surface area contributed by atoms with Crippen molar-refractivity contribution in [3.63, 3.8) is 0 Å². The van der Waals surface area contributed by atoms with Gasteiger partial charge in [0.1, 0.15) is 11.6 Å². The Kier molecular flexibility index (Phi) is 5.90. The first-order chi connectivity index (χ1) is 15.0. The van der Waals surface area contributed by atoms with Crippen LogP contribution in [0.25, 0.3) is 10.9 Å². The van der Waals surface area contributed by atoms with Crippen molar-refractivity contribution in [1.82, 2.24) is 4.57 Å². The highest BCUT2D eigenvalue weighted by molar-refractivity contribution is 7.80. The smallest absolute Gasteiger partial charge is 0.221 e. The van der Waals surface area contributed by atoms with Crippen LogP contribution >= 0.6 is 12.2 Å². The molecule has 4 rings (SSSR count). The van der Waals surface area contributed by atoms with Gasteiger partial charge in [-0.25, -0.2) is 4.39 Å². The van der Waals surface area contributed by atoms with E-state index in [4.69, 9.17) is 17.0 Å². The molecule has 1 aromatic heterocycles. The minimum absolute atomic E-state index is 0.0431. The summed E-state index contributed by atoms with van der Waals surface area (Å²) in [5, 5.41) is 23.0. The van der Waals surface area contributed by atoms with E-state index in [-0.39, 0.29) is 16.8 Å². The molecule has 3 aromatic carbocycles. The number of halogens is 1. The average molecular weight is 434 g/mol. The molecule has 0 saturated carbocycles. The van der Waals surface area contributed by atoms with Crippen molar-refractivity contribution in [2.24, 2.45) is 10.2 Å². The lowest BCUT2D eigenvalue weighted by Crippen LogP contribution is -2.04. The third kappa shape index (κ3) is 4.54. The van der Waals surface area contributed by atoms with Crippen LogP contribution in [-0.4, -0.2) is 21.9 Å². The molecule has 0 amide bonds. The molecule has 0 radical (unpaired) electrons. The van der Waals surface area contributed by atoms with Crippen LogP contribution in [0.15, 0.2) is 83.0 Å². The predicted molar refractivity (Wildman–Crippen MR) is 123 cm³/mol. The molecule has 4 aromatic rings. The molecule has 6 nitrogen and oxygen atoms in total. The maximum Gasteiger partial charge on any atom is 0.221 e. The van der Waals surface area contributed by atoms with Gasteiger partial charge in [0.25, 0.3) is 0 Å². The second kappa shape index (κ2) is 8.93. The number of anilines is 1. The third-order valence-electron chi connectivity index (χ3n) is 4.73.